The first-order valence-electron chi connectivity index (χ1n) is 6.82. The zero-order chi connectivity index (χ0) is 13.4. The van der Waals surface area contributed by atoms with Gasteiger partial charge in [-0.15, -0.1) is 0 Å². The molecule has 3 heteroatoms. The van der Waals surface area contributed by atoms with Gasteiger partial charge in [-0.2, -0.15) is 0 Å². The first kappa shape index (κ1) is 16.0. The second-order valence-electron chi connectivity index (χ2n) is 4.78. The van der Waals surface area contributed by atoms with Crippen LogP contribution in [0.3, 0.4) is 0 Å². The van der Waals surface area contributed by atoms with Gasteiger partial charge in [0.05, 0.1) is 8.95 Å². The molecule has 0 spiro atoms. The van der Waals surface area contributed by atoms with Crippen LogP contribution in [-0.4, -0.2) is 5.11 Å². The molecular weight excluding hydrogens is 356 g/mol. The van der Waals surface area contributed by atoms with Crippen LogP contribution in [0.1, 0.15) is 57.4 Å². The number of phenols is 1. The van der Waals surface area contributed by atoms with Gasteiger partial charge >= 0.3 is 0 Å². The lowest BCUT2D eigenvalue weighted by molar-refractivity contribution is 0.468. The summed E-state index contributed by atoms with van der Waals surface area (Å²) in [4.78, 5) is 0. The van der Waals surface area contributed by atoms with Gasteiger partial charge in [0.25, 0.3) is 0 Å². The van der Waals surface area contributed by atoms with E-state index in [1.807, 2.05) is 12.1 Å². The fourth-order valence-corrected chi connectivity index (χ4v) is 3.33. The van der Waals surface area contributed by atoms with Gasteiger partial charge in [-0.25, -0.2) is 0 Å². The van der Waals surface area contributed by atoms with E-state index in [0.717, 1.165) is 15.4 Å². The first-order valence-corrected chi connectivity index (χ1v) is 8.40. The first-order chi connectivity index (χ1) is 8.65. The van der Waals surface area contributed by atoms with E-state index in [0.29, 0.717) is 5.75 Å². The molecule has 0 saturated heterocycles. The van der Waals surface area contributed by atoms with E-state index >= 15 is 0 Å². The monoisotopic (exact) mass is 376 g/mol. The van der Waals surface area contributed by atoms with Crippen molar-refractivity contribution < 1.29 is 5.11 Å². The minimum Gasteiger partial charge on any atom is -0.506 e. The quantitative estimate of drug-likeness (QED) is 0.534. The minimum absolute atomic E-state index is 0.290. The molecule has 0 amide bonds. The number of hydrogen-bond acceptors (Lipinski definition) is 1. The lowest BCUT2D eigenvalue weighted by atomic mass is 10.0. The standard InChI is InChI=1S/C15H22Br2O/c1-2-3-4-5-6-7-8-9-12-10-13(16)15(18)14(17)11-12/h10-11,18H,2-9H2,1H3. The van der Waals surface area contributed by atoms with E-state index in [2.05, 4.69) is 38.8 Å². The van der Waals surface area contributed by atoms with Crippen LogP contribution in [0.5, 0.6) is 5.75 Å². The number of benzene rings is 1. The highest BCUT2D eigenvalue weighted by molar-refractivity contribution is 9.11. The summed E-state index contributed by atoms with van der Waals surface area (Å²) in [6.07, 6.45) is 10.4. The average Bonchev–Trinajstić information content (AvgIpc) is 2.34. The third kappa shape index (κ3) is 5.75. The molecule has 1 aromatic carbocycles. The van der Waals surface area contributed by atoms with Crippen molar-refractivity contribution in [1.29, 1.82) is 0 Å². The van der Waals surface area contributed by atoms with Crippen molar-refractivity contribution in [1.82, 2.24) is 0 Å². The normalized spacial score (nSPS) is 10.8. The third-order valence-electron chi connectivity index (χ3n) is 3.15. The summed E-state index contributed by atoms with van der Waals surface area (Å²) in [5.41, 5.74) is 1.28. The van der Waals surface area contributed by atoms with Crippen molar-refractivity contribution in [2.75, 3.05) is 0 Å². The molecule has 1 N–H and O–H groups in total. The molecule has 102 valence electrons. The van der Waals surface area contributed by atoms with Crippen molar-refractivity contribution >= 4 is 31.9 Å². The molecule has 0 aliphatic heterocycles. The van der Waals surface area contributed by atoms with Gasteiger partial charge in [0, 0.05) is 0 Å². The minimum atomic E-state index is 0.290. The molecule has 0 radical (unpaired) electrons. The predicted octanol–water partition coefficient (Wildman–Crippen LogP) is 6.21. The van der Waals surface area contributed by atoms with E-state index in [1.54, 1.807) is 0 Å². The molecule has 0 fully saturated rings. The van der Waals surface area contributed by atoms with Gasteiger partial charge in [0.15, 0.2) is 0 Å². The topological polar surface area (TPSA) is 20.2 Å². The molecule has 1 aromatic rings. The molecule has 1 nitrogen and oxygen atoms in total. The van der Waals surface area contributed by atoms with Gasteiger partial charge in [0.2, 0.25) is 0 Å². The molecule has 0 aliphatic rings. The summed E-state index contributed by atoms with van der Waals surface area (Å²) in [5, 5.41) is 9.63. The van der Waals surface area contributed by atoms with Crippen molar-refractivity contribution in [3.8, 4) is 5.75 Å². The zero-order valence-corrected chi connectivity index (χ0v) is 14.2. The van der Waals surface area contributed by atoms with Crippen LogP contribution in [0.25, 0.3) is 0 Å². The maximum atomic E-state index is 9.63. The van der Waals surface area contributed by atoms with Gasteiger partial charge in [0.1, 0.15) is 5.75 Å². The van der Waals surface area contributed by atoms with E-state index in [-0.39, 0.29) is 0 Å². The van der Waals surface area contributed by atoms with Gasteiger partial charge in [-0.3, -0.25) is 0 Å². The molecule has 0 heterocycles. The van der Waals surface area contributed by atoms with Crippen LogP contribution in [0, 0.1) is 0 Å². The van der Waals surface area contributed by atoms with Gasteiger partial charge < -0.3 is 5.11 Å². The summed E-state index contributed by atoms with van der Waals surface area (Å²) >= 11 is 6.74. The molecule has 0 aliphatic carbocycles. The molecule has 1 rings (SSSR count). The van der Waals surface area contributed by atoms with Crippen molar-refractivity contribution in [3.05, 3.63) is 26.6 Å². The van der Waals surface area contributed by atoms with Crippen LogP contribution in [0.4, 0.5) is 0 Å². The summed E-state index contributed by atoms with van der Waals surface area (Å²) in [5.74, 6) is 0.290. The number of halogens is 2. The van der Waals surface area contributed by atoms with Crippen LogP contribution < -0.4 is 0 Å². The smallest absolute Gasteiger partial charge is 0.143 e. The van der Waals surface area contributed by atoms with Gasteiger partial charge in [-0.1, -0.05) is 45.4 Å². The Labute approximate surface area is 127 Å². The second-order valence-corrected chi connectivity index (χ2v) is 6.49. The summed E-state index contributed by atoms with van der Waals surface area (Å²) < 4.78 is 1.55. The Kier molecular flexibility index (Phi) is 8.00. The van der Waals surface area contributed by atoms with Crippen LogP contribution in [0.2, 0.25) is 0 Å². The molecule has 0 saturated carbocycles. The number of unbranched alkanes of at least 4 members (excludes halogenated alkanes) is 6. The number of aryl methyl sites for hydroxylation is 1. The second kappa shape index (κ2) is 8.98. The Morgan fingerprint density at radius 2 is 1.39 bits per heavy atom. The Morgan fingerprint density at radius 1 is 0.889 bits per heavy atom. The SMILES string of the molecule is CCCCCCCCCc1cc(Br)c(O)c(Br)c1. The molecule has 0 atom stereocenters. The summed E-state index contributed by atoms with van der Waals surface area (Å²) in [7, 11) is 0. The average molecular weight is 378 g/mol. The highest BCUT2D eigenvalue weighted by Crippen LogP contribution is 2.33. The van der Waals surface area contributed by atoms with Gasteiger partial charge in [-0.05, 0) is 62.4 Å². The fraction of sp³-hybridized carbons (Fsp3) is 0.600. The van der Waals surface area contributed by atoms with E-state index < -0.39 is 0 Å². The molecule has 0 bridgehead atoms. The highest BCUT2D eigenvalue weighted by atomic mass is 79.9. The molecule has 0 unspecified atom stereocenters. The van der Waals surface area contributed by atoms with Crippen LogP contribution in [0.15, 0.2) is 21.1 Å². The van der Waals surface area contributed by atoms with E-state index in [9.17, 15) is 5.11 Å². The predicted molar refractivity (Wildman–Crippen MR) is 85.2 cm³/mol. The van der Waals surface area contributed by atoms with Crippen molar-refractivity contribution in [3.63, 3.8) is 0 Å². The van der Waals surface area contributed by atoms with E-state index in [4.69, 9.17) is 0 Å². The number of rotatable bonds is 8. The van der Waals surface area contributed by atoms with Crippen molar-refractivity contribution in [2.24, 2.45) is 0 Å². The molecule has 18 heavy (non-hydrogen) atoms. The number of hydrogen-bond donors (Lipinski definition) is 1. The van der Waals surface area contributed by atoms with Crippen LogP contribution in [-0.2, 0) is 6.42 Å². The van der Waals surface area contributed by atoms with Crippen LogP contribution >= 0.6 is 31.9 Å². The Morgan fingerprint density at radius 3 is 1.94 bits per heavy atom. The lowest BCUT2D eigenvalue weighted by Gasteiger charge is -2.06. The zero-order valence-electron chi connectivity index (χ0n) is 11.0. The van der Waals surface area contributed by atoms with Crippen molar-refractivity contribution in [2.45, 2.75) is 58.3 Å². The summed E-state index contributed by atoms with van der Waals surface area (Å²) in [6, 6.07) is 4.02. The Hall–Kier alpha value is -0.0200. The number of aromatic hydroxyl groups is 1. The number of phenolic OH excluding ortho intramolecular Hbond substituents is 1. The fourth-order valence-electron chi connectivity index (χ4n) is 2.05. The Bertz CT molecular complexity index is 341. The lowest BCUT2D eigenvalue weighted by Crippen LogP contribution is -1.88. The maximum Gasteiger partial charge on any atom is 0.143 e. The Balaban J connectivity index is 2.23. The highest BCUT2D eigenvalue weighted by Gasteiger charge is 2.05. The molecular formula is C15H22Br2O. The third-order valence-corrected chi connectivity index (χ3v) is 4.35. The largest absolute Gasteiger partial charge is 0.506 e. The maximum absolute atomic E-state index is 9.63. The van der Waals surface area contributed by atoms with E-state index in [1.165, 1.54) is 50.5 Å². The summed E-state index contributed by atoms with van der Waals surface area (Å²) in [6.45, 7) is 2.25. The molecule has 0 aromatic heterocycles.